The summed E-state index contributed by atoms with van der Waals surface area (Å²) in [6, 6.07) is 16.3. The number of carbonyl (C=O) groups excluding carboxylic acids is 1. The highest BCUT2D eigenvalue weighted by Gasteiger charge is 2.19. The molecule has 0 bridgehead atoms. The standard InChI is InChI=1S/C21H25ClN2OS/c1-2-20(26-18-10-8-17(22)9-11-18)21(25)23-13-5-14-24-15-12-16-6-3-4-7-19(16)24/h3-4,6-11,20H,2,5,12-15H2,1H3,(H,23,25)/t20-/m0/s1. The van der Waals surface area contributed by atoms with Crippen molar-refractivity contribution in [3.63, 3.8) is 0 Å². The van der Waals surface area contributed by atoms with Gasteiger partial charge in [0.25, 0.3) is 0 Å². The molecule has 2 aromatic rings. The molecule has 0 radical (unpaired) electrons. The lowest BCUT2D eigenvalue weighted by atomic mass is 10.2. The maximum Gasteiger partial charge on any atom is 0.233 e. The Morgan fingerprint density at radius 2 is 2.00 bits per heavy atom. The van der Waals surface area contributed by atoms with Gasteiger partial charge in [0.2, 0.25) is 5.91 Å². The van der Waals surface area contributed by atoms with Crippen LogP contribution in [0.2, 0.25) is 5.02 Å². The summed E-state index contributed by atoms with van der Waals surface area (Å²) in [5, 5.41) is 3.75. The van der Waals surface area contributed by atoms with Gasteiger partial charge in [-0.05, 0) is 55.2 Å². The van der Waals surface area contributed by atoms with Crippen LogP contribution in [0.3, 0.4) is 0 Å². The summed E-state index contributed by atoms with van der Waals surface area (Å²) < 4.78 is 0. The molecule has 3 rings (SSSR count). The van der Waals surface area contributed by atoms with E-state index in [9.17, 15) is 4.79 Å². The summed E-state index contributed by atoms with van der Waals surface area (Å²) in [5.74, 6) is 0.120. The molecule has 1 N–H and O–H groups in total. The average Bonchev–Trinajstić information content (AvgIpc) is 3.08. The Bertz CT molecular complexity index is 735. The predicted molar refractivity (Wildman–Crippen MR) is 111 cm³/mol. The maximum absolute atomic E-state index is 12.5. The second-order valence-corrected chi connectivity index (χ2v) is 8.19. The molecule has 0 fully saturated rings. The number of benzene rings is 2. The summed E-state index contributed by atoms with van der Waals surface area (Å²) >= 11 is 7.52. The first-order valence-electron chi connectivity index (χ1n) is 9.20. The predicted octanol–water partition coefficient (Wildman–Crippen LogP) is 4.78. The molecule has 0 spiro atoms. The van der Waals surface area contributed by atoms with Crippen molar-refractivity contribution in [3.05, 3.63) is 59.1 Å². The Hall–Kier alpha value is -1.65. The van der Waals surface area contributed by atoms with E-state index in [-0.39, 0.29) is 11.2 Å². The van der Waals surface area contributed by atoms with Crippen LogP contribution in [0.5, 0.6) is 0 Å². The highest BCUT2D eigenvalue weighted by molar-refractivity contribution is 8.00. The molecule has 26 heavy (non-hydrogen) atoms. The van der Waals surface area contributed by atoms with Crippen LogP contribution in [-0.2, 0) is 11.2 Å². The van der Waals surface area contributed by atoms with Crippen molar-refractivity contribution in [3.8, 4) is 0 Å². The smallest absolute Gasteiger partial charge is 0.233 e. The van der Waals surface area contributed by atoms with E-state index in [1.54, 1.807) is 11.8 Å². The third-order valence-corrected chi connectivity index (χ3v) is 6.27. The van der Waals surface area contributed by atoms with E-state index in [1.165, 1.54) is 11.3 Å². The molecular formula is C21H25ClN2OS. The molecule has 0 aromatic heterocycles. The molecule has 1 aliphatic heterocycles. The van der Waals surface area contributed by atoms with Crippen LogP contribution in [0.25, 0.3) is 0 Å². The first-order chi connectivity index (χ1) is 12.7. The van der Waals surface area contributed by atoms with Crippen LogP contribution >= 0.6 is 23.4 Å². The Labute approximate surface area is 165 Å². The summed E-state index contributed by atoms with van der Waals surface area (Å²) in [6.07, 6.45) is 2.89. The van der Waals surface area contributed by atoms with Crippen molar-refractivity contribution in [2.75, 3.05) is 24.5 Å². The Morgan fingerprint density at radius 1 is 1.23 bits per heavy atom. The first kappa shape index (κ1) is 19.1. The summed E-state index contributed by atoms with van der Waals surface area (Å²) in [5.41, 5.74) is 2.78. The van der Waals surface area contributed by atoms with Gasteiger partial charge in [-0.1, -0.05) is 36.7 Å². The largest absolute Gasteiger partial charge is 0.371 e. The highest BCUT2D eigenvalue weighted by Crippen LogP contribution is 2.28. The van der Waals surface area contributed by atoms with Crippen LogP contribution in [0.1, 0.15) is 25.3 Å². The van der Waals surface area contributed by atoms with Crippen molar-refractivity contribution in [2.24, 2.45) is 0 Å². The van der Waals surface area contributed by atoms with Crippen LogP contribution < -0.4 is 10.2 Å². The minimum absolute atomic E-state index is 0.0660. The molecule has 1 amide bonds. The third-order valence-electron chi connectivity index (χ3n) is 4.64. The van der Waals surface area contributed by atoms with Crippen LogP contribution in [-0.4, -0.2) is 30.8 Å². The average molecular weight is 389 g/mol. The number of hydrogen-bond acceptors (Lipinski definition) is 3. The Morgan fingerprint density at radius 3 is 2.77 bits per heavy atom. The summed E-state index contributed by atoms with van der Waals surface area (Å²) in [4.78, 5) is 16.0. The van der Waals surface area contributed by atoms with E-state index in [4.69, 9.17) is 11.6 Å². The number of para-hydroxylation sites is 1. The number of carbonyl (C=O) groups is 1. The molecule has 0 saturated heterocycles. The SMILES string of the molecule is CC[C@H](Sc1ccc(Cl)cc1)C(=O)NCCCN1CCc2ccccc21. The minimum Gasteiger partial charge on any atom is -0.371 e. The number of nitrogens with one attached hydrogen (secondary N) is 1. The lowest BCUT2D eigenvalue weighted by Gasteiger charge is -2.20. The number of nitrogens with zero attached hydrogens (tertiary/aromatic N) is 1. The van der Waals surface area contributed by atoms with Crippen LogP contribution in [0.4, 0.5) is 5.69 Å². The fourth-order valence-electron chi connectivity index (χ4n) is 3.23. The number of hydrogen-bond donors (Lipinski definition) is 1. The van der Waals surface area contributed by atoms with Gasteiger partial charge in [-0.3, -0.25) is 4.79 Å². The number of thioether (sulfide) groups is 1. The highest BCUT2D eigenvalue weighted by atomic mass is 35.5. The van der Waals surface area contributed by atoms with E-state index >= 15 is 0 Å². The van der Waals surface area contributed by atoms with Gasteiger partial charge in [-0.25, -0.2) is 0 Å². The number of anilines is 1. The van der Waals surface area contributed by atoms with Crippen molar-refractivity contribution in [1.29, 1.82) is 0 Å². The van der Waals surface area contributed by atoms with E-state index in [0.717, 1.165) is 48.8 Å². The zero-order valence-electron chi connectivity index (χ0n) is 15.1. The lowest BCUT2D eigenvalue weighted by molar-refractivity contribution is -0.120. The van der Waals surface area contributed by atoms with Gasteiger partial charge >= 0.3 is 0 Å². The molecule has 138 valence electrons. The van der Waals surface area contributed by atoms with Gasteiger partial charge in [0.05, 0.1) is 5.25 Å². The minimum atomic E-state index is -0.0660. The number of rotatable bonds is 8. The van der Waals surface area contributed by atoms with Gasteiger partial charge in [0.1, 0.15) is 0 Å². The fourth-order valence-corrected chi connectivity index (χ4v) is 4.34. The fraction of sp³-hybridized carbons (Fsp3) is 0.381. The van der Waals surface area contributed by atoms with Crippen molar-refractivity contribution in [2.45, 2.75) is 36.3 Å². The van der Waals surface area contributed by atoms with E-state index < -0.39 is 0 Å². The summed E-state index contributed by atoms with van der Waals surface area (Å²) in [6.45, 7) is 4.83. The molecule has 1 atom stereocenters. The molecule has 2 aromatic carbocycles. The molecule has 0 aliphatic carbocycles. The number of halogens is 1. The molecule has 0 unspecified atom stereocenters. The van der Waals surface area contributed by atoms with Crippen LogP contribution in [0.15, 0.2) is 53.4 Å². The van der Waals surface area contributed by atoms with Gasteiger partial charge in [0.15, 0.2) is 0 Å². The van der Waals surface area contributed by atoms with E-state index in [1.807, 2.05) is 31.2 Å². The summed E-state index contributed by atoms with van der Waals surface area (Å²) in [7, 11) is 0. The second-order valence-electron chi connectivity index (χ2n) is 6.48. The molecular weight excluding hydrogens is 364 g/mol. The molecule has 0 saturated carbocycles. The van der Waals surface area contributed by atoms with E-state index in [0.29, 0.717) is 0 Å². The maximum atomic E-state index is 12.5. The van der Waals surface area contributed by atoms with E-state index in [2.05, 4.69) is 34.5 Å². The third kappa shape index (κ3) is 4.95. The zero-order valence-corrected chi connectivity index (χ0v) is 16.7. The molecule has 3 nitrogen and oxygen atoms in total. The first-order valence-corrected chi connectivity index (χ1v) is 10.5. The lowest BCUT2D eigenvalue weighted by Crippen LogP contribution is -2.34. The number of amides is 1. The molecule has 1 aliphatic rings. The van der Waals surface area contributed by atoms with Gasteiger partial charge in [0, 0.05) is 35.2 Å². The Balaban J connectivity index is 1.42. The normalized spacial score (nSPS) is 14.2. The Kier molecular flexibility index (Phi) is 6.86. The monoisotopic (exact) mass is 388 g/mol. The second kappa shape index (κ2) is 9.33. The topological polar surface area (TPSA) is 32.3 Å². The van der Waals surface area contributed by atoms with Gasteiger partial charge in [-0.15, -0.1) is 11.8 Å². The van der Waals surface area contributed by atoms with Crippen LogP contribution in [0, 0.1) is 0 Å². The number of fused-ring (bicyclic) bond motifs is 1. The quantitative estimate of drug-likeness (QED) is 0.521. The van der Waals surface area contributed by atoms with Crippen molar-refractivity contribution >= 4 is 35.0 Å². The zero-order chi connectivity index (χ0) is 18.4. The van der Waals surface area contributed by atoms with Gasteiger partial charge < -0.3 is 10.2 Å². The molecule has 1 heterocycles. The van der Waals surface area contributed by atoms with Crippen molar-refractivity contribution in [1.82, 2.24) is 5.32 Å². The molecule has 5 heteroatoms. The van der Waals surface area contributed by atoms with Crippen molar-refractivity contribution < 1.29 is 4.79 Å². The van der Waals surface area contributed by atoms with Gasteiger partial charge in [-0.2, -0.15) is 0 Å².